The van der Waals surface area contributed by atoms with Gasteiger partial charge >= 0.3 is 0 Å². The fourth-order valence-corrected chi connectivity index (χ4v) is 2.49. The number of benzene rings is 1. The van der Waals surface area contributed by atoms with Crippen molar-refractivity contribution in [1.29, 1.82) is 0 Å². The highest BCUT2D eigenvalue weighted by Crippen LogP contribution is 2.29. The summed E-state index contributed by atoms with van der Waals surface area (Å²) in [6.45, 7) is 8.89. The molecule has 1 aromatic carbocycles. The molecule has 1 nitrogen and oxygen atoms in total. The van der Waals surface area contributed by atoms with Gasteiger partial charge in [-0.05, 0) is 29.5 Å². The number of thiazole rings is 1. The van der Waals surface area contributed by atoms with Crippen LogP contribution in [-0.2, 0) is 5.41 Å². The van der Waals surface area contributed by atoms with Crippen molar-refractivity contribution >= 4 is 11.3 Å². The van der Waals surface area contributed by atoms with Crippen LogP contribution in [0.4, 0.5) is 0 Å². The van der Waals surface area contributed by atoms with E-state index in [2.05, 4.69) is 56.4 Å². The maximum atomic E-state index is 4.21. The highest BCUT2D eigenvalue weighted by molar-refractivity contribution is 7.07. The molecular formula is C14H16NS. The van der Waals surface area contributed by atoms with Crippen molar-refractivity contribution in [3.63, 3.8) is 0 Å². The first kappa shape index (κ1) is 11.3. The summed E-state index contributed by atoms with van der Waals surface area (Å²) in [7, 11) is 0. The fourth-order valence-electron chi connectivity index (χ4n) is 1.98. The van der Waals surface area contributed by atoms with Crippen LogP contribution in [0, 0.1) is 12.4 Å². The highest BCUT2D eigenvalue weighted by Gasteiger charge is 2.16. The van der Waals surface area contributed by atoms with E-state index >= 15 is 0 Å². The zero-order valence-corrected chi connectivity index (χ0v) is 11.0. The van der Waals surface area contributed by atoms with E-state index < -0.39 is 0 Å². The summed E-state index contributed by atoms with van der Waals surface area (Å²) in [4.78, 5) is 4.21. The van der Waals surface area contributed by atoms with E-state index in [-0.39, 0.29) is 5.41 Å². The number of nitrogens with zero attached hydrogens (tertiary/aromatic N) is 1. The Bertz CT molecular complexity index is 478. The molecule has 0 fully saturated rings. The molecule has 1 radical (unpaired) electrons. The van der Waals surface area contributed by atoms with Crippen LogP contribution in [0.15, 0.2) is 23.6 Å². The van der Waals surface area contributed by atoms with Gasteiger partial charge < -0.3 is 0 Å². The van der Waals surface area contributed by atoms with Gasteiger partial charge in [-0.1, -0.05) is 32.9 Å². The van der Waals surface area contributed by atoms with Crippen molar-refractivity contribution in [2.75, 3.05) is 0 Å². The van der Waals surface area contributed by atoms with E-state index in [1.165, 1.54) is 28.0 Å². The van der Waals surface area contributed by atoms with Gasteiger partial charge in [0.15, 0.2) is 5.51 Å². The average Bonchev–Trinajstić information content (AvgIpc) is 2.68. The maximum absolute atomic E-state index is 4.21. The molecule has 0 aliphatic rings. The predicted molar refractivity (Wildman–Crippen MR) is 69.8 cm³/mol. The summed E-state index contributed by atoms with van der Waals surface area (Å²) in [6, 6.07) is 6.57. The van der Waals surface area contributed by atoms with Crippen LogP contribution in [-0.4, -0.2) is 4.98 Å². The SMILES string of the molecule is Cc1cc(-c2cs[c]n2)ccc1C(C)(C)C. The van der Waals surface area contributed by atoms with Gasteiger partial charge in [0.05, 0.1) is 5.69 Å². The molecule has 0 saturated heterocycles. The molecule has 0 spiro atoms. The second-order valence-electron chi connectivity index (χ2n) is 5.10. The quantitative estimate of drug-likeness (QED) is 0.715. The van der Waals surface area contributed by atoms with Gasteiger partial charge in [0.1, 0.15) is 0 Å². The molecule has 2 aromatic rings. The monoisotopic (exact) mass is 230 g/mol. The van der Waals surface area contributed by atoms with E-state index in [0.717, 1.165) is 5.69 Å². The first-order chi connectivity index (χ1) is 7.48. The molecule has 2 heteroatoms. The Hall–Kier alpha value is -1.15. The molecule has 0 saturated carbocycles. The first-order valence-corrected chi connectivity index (χ1v) is 6.29. The van der Waals surface area contributed by atoms with Crippen LogP contribution in [0.25, 0.3) is 11.3 Å². The number of aryl methyl sites for hydroxylation is 1. The Kier molecular flexibility index (Phi) is 2.85. The zero-order valence-electron chi connectivity index (χ0n) is 10.2. The van der Waals surface area contributed by atoms with Crippen LogP contribution in [0.5, 0.6) is 0 Å². The third-order valence-corrected chi connectivity index (χ3v) is 3.26. The number of hydrogen-bond acceptors (Lipinski definition) is 2. The van der Waals surface area contributed by atoms with Crippen LogP contribution in [0.3, 0.4) is 0 Å². The van der Waals surface area contributed by atoms with Crippen LogP contribution in [0.1, 0.15) is 31.9 Å². The van der Waals surface area contributed by atoms with E-state index in [0.29, 0.717) is 0 Å². The largest absolute Gasteiger partial charge is 0.233 e. The van der Waals surface area contributed by atoms with Gasteiger partial charge in [0, 0.05) is 10.9 Å². The molecule has 1 heterocycles. The minimum absolute atomic E-state index is 0.205. The molecule has 1 aromatic heterocycles. The molecule has 0 unspecified atom stereocenters. The first-order valence-electron chi connectivity index (χ1n) is 5.41. The summed E-state index contributed by atoms with van der Waals surface area (Å²) >= 11 is 1.51. The molecule has 0 N–H and O–H groups in total. The van der Waals surface area contributed by atoms with Crippen molar-refractivity contribution in [2.45, 2.75) is 33.1 Å². The maximum Gasteiger partial charge on any atom is 0.152 e. The molecule has 0 atom stereocenters. The van der Waals surface area contributed by atoms with E-state index in [4.69, 9.17) is 0 Å². The molecule has 16 heavy (non-hydrogen) atoms. The molecule has 0 amide bonds. The lowest BCUT2D eigenvalue weighted by Crippen LogP contribution is -2.12. The van der Waals surface area contributed by atoms with Gasteiger partial charge in [-0.25, -0.2) is 4.98 Å². The molecule has 0 aliphatic carbocycles. The summed E-state index contributed by atoms with van der Waals surface area (Å²) in [6.07, 6.45) is 0. The predicted octanol–water partition coefficient (Wildman–Crippen LogP) is 4.22. The molecule has 2 rings (SSSR count). The van der Waals surface area contributed by atoms with Crippen LogP contribution >= 0.6 is 11.3 Å². The smallest absolute Gasteiger partial charge is 0.152 e. The topological polar surface area (TPSA) is 12.9 Å². The lowest BCUT2D eigenvalue weighted by molar-refractivity contribution is 0.586. The van der Waals surface area contributed by atoms with Gasteiger partial charge in [-0.3, -0.25) is 0 Å². The summed E-state index contributed by atoms with van der Waals surface area (Å²) < 4.78 is 0. The average molecular weight is 230 g/mol. The number of hydrogen-bond donors (Lipinski definition) is 0. The van der Waals surface area contributed by atoms with Crippen molar-refractivity contribution in [3.8, 4) is 11.3 Å². The molecule has 0 aliphatic heterocycles. The van der Waals surface area contributed by atoms with Crippen molar-refractivity contribution in [1.82, 2.24) is 4.98 Å². The highest BCUT2D eigenvalue weighted by atomic mass is 32.1. The Morgan fingerprint density at radius 2 is 2.00 bits per heavy atom. The summed E-state index contributed by atoms with van der Waals surface area (Å²) in [5.41, 5.74) is 8.02. The minimum atomic E-state index is 0.205. The standard InChI is InChI=1S/C14H16NS/c1-10-7-11(13-8-16-9-15-13)5-6-12(10)14(2,3)4/h5-8H,1-4H3. The Labute approximate surface area is 101 Å². The van der Waals surface area contributed by atoms with Crippen molar-refractivity contribution in [3.05, 3.63) is 40.2 Å². The summed E-state index contributed by atoms with van der Waals surface area (Å²) in [5, 5.41) is 2.03. The lowest BCUT2D eigenvalue weighted by Gasteiger charge is -2.22. The number of rotatable bonds is 1. The second kappa shape index (κ2) is 4.02. The normalized spacial score (nSPS) is 11.8. The van der Waals surface area contributed by atoms with Gasteiger partial charge in [-0.2, -0.15) is 0 Å². The molecule has 83 valence electrons. The van der Waals surface area contributed by atoms with Crippen LogP contribution in [0.2, 0.25) is 0 Å². The van der Waals surface area contributed by atoms with E-state index in [9.17, 15) is 0 Å². The Morgan fingerprint density at radius 3 is 2.50 bits per heavy atom. The zero-order chi connectivity index (χ0) is 11.8. The minimum Gasteiger partial charge on any atom is -0.233 e. The van der Waals surface area contributed by atoms with Gasteiger partial charge in [0.25, 0.3) is 0 Å². The third-order valence-electron chi connectivity index (χ3n) is 2.72. The van der Waals surface area contributed by atoms with E-state index in [1.807, 2.05) is 5.38 Å². The van der Waals surface area contributed by atoms with Gasteiger partial charge in [0.2, 0.25) is 0 Å². The third kappa shape index (κ3) is 2.17. The van der Waals surface area contributed by atoms with Crippen LogP contribution < -0.4 is 0 Å². The van der Waals surface area contributed by atoms with Gasteiger partial charge in [-0.15, -0.1) is 11.3 Å². The fraction of sp³-hybridized carbons (Fsp3) is 0.357. The number of aromatic nitrogens is 1. The lowest BCUT2D eigenvalue weighted by atomic mass is 9.83. The second-order valence-corrected chi connectivity index (χ2v) is 5.76. The molecule has 0 bridgehead atoms. The molecular weight excluding hydrogens is 214 g/mol. The van der Waals surface area contributed by atoms with E-state index in [1.54, 1.807) is 0 Å². The van der Waals surface area contributed by atoms with Crippen molar-refractivity contribution in [2.24, 2.45) is 0 Å². The summed E-state index contributed by atoms with van der Waals surface area (Å²) in [5.74, 6) is 0. The van der Waals surface area contributed by atoms with Crippen molar-refractivity contribution < 1.29 is 0 Å². The Balaban J connectivity index is 2.45. The Morgan fingerprint density at radius 1 is 1.25 bits per heavy atom.